The number of aromatic nitrogens is 2. The highest BCUT2D eigenvalue weighted by molar-refractivity contribution is 5.41. The number of hydrogen-bond acceptors (Lipinski definition) is 5. The number of ether oxygens (including phenoxy) is 3. The summed E-state index contributed by atoms with van der Waals surface area (Å²) in [5, 5.41) is 0. The Morgan fingerprint density at radius 3 is 2.45 bits per heavy atom. The quantitative estimate of drug-likeness (QED) is 0.627. The number of halogens is 5. The van der Waals surface area contributed by atoms with Crippen molar-refractivity contribution >= 4 is 0 Å². The number of nitrogens with one attached hydrogen (secondary N) is 1. The molecule has 1 aliphatic heterocycles. The smallest absolute Gasteiger partial charge is 0.417 e. The van der Waals surface area contributed by atoms with Gasteiger partial charge in [0, 0.05) is 42.2 Å². The number of alkyl halides is 3. The van der Waals surface area contributed by atoms with E-state index in [2.05, 4.69) is 9.97 Å². The number of benzene rings is 1. The third-order valence-corrected chi connectivity index (χ3v) is 6.38. The van der Waals surface area contributed by atoms with E-state index >= 15 is 0 Å². The fraction of sp³-hybridized carbons (Fsp3) is 0.545. The molecule has 1 saturated heterocycles. The van der Waals surface area contributed by atoms with Gasteiger partial charge in [-0.05, 0) is 19.9 Å². The van der Waals surface area contributed by atoms with Crippen molar-refractivity contribution in [3.05, 3.63) is 56.8 Å². The van der Waals surface area contributed by atoms with Crippen LogP contribution in [0.3, 0.4) is 0 Å². The first-order valence-corrected chi connectivity index (χ1v) is 10.2. The minimum absolute atomic E-state index is 0.0226. The van der Waals surface area contributed by atoms with Crippen molar-refractivity contribution < 1.29 is 36.2 Å². The standard InChI is InChI=1S/C22H25F5N2O4/c1-10-15(13-6-7-14(23)16(24)17(13)32-5)18(33-21(10,3)22(25,26)27)19-28-11(2)12(8-9-31-4)20(30)29-19/h6-7,10,15,18H,8-9H2,1-5H3,(H,28,29,30)/t10-,15-,18+,21+/m0/s1. The summed E-state index contributed by atoms with van der Waals surface area (Å²) in [4.78, 5) is 19.5. The molecule has 0 spiro atoms. The van der Waals surface area contributed by atoms with Gasteiger partial charge in [0.2, 0.25) is 5.82 Å². The van der Waals surface area contributed by atoms with E-state index in [4.69, 9.17) is 14.2 Å². The predicted molar refractivity (Wildman–Crippen MR) is 108 cm³/mol. The van der Waals surface area contributed by atoms with Crippen LogP contribution in [0.25, 0.3) is 0 Å². The SMILES string of the molecule is COCCc1c(C)nc([C@@H]2O[C@@](C)(C(F)(F)F)[C@@H](C)[C@H]2c2ccc(F)c(F)c2OC)[nH]c1=O. The van der Waals surface area contributed by atoms with Gasteiger partial charge in [0.1, 0.15) is 11.9 Å². The molecule has 2 heterocycles. The van der Waals surface area contributed by atoms with Crippen LogP contribution in [0.5, 0.6) is 5.75 Å². The van der Waals surface area contributed by atoms with E-state index in [0.717, 1.165) is 26.2 Å². The number of aryl methyl sites for hydroxylation is 1. The van der Waals surface area contributed by atoms with Gasteiger partial charge in [-0.2, -0.15) is 17.6 Å². The highest BCUT2D eigenvalue weighted by Gasteiger charge is 2.65. The van der Waals surface area contributed by atoms with Gasteiger partial charge in [-0.3, -0.25) is 4.79 Å². The lowest BCUT2D eigenvalue weighted by molar-refractivity contribution is -0.275. The zero-order valence-electron chi connectivity index (χ0n) is 18.8. The lowest BCUT2D eigenvalue weighted by atomic mass is 9.77. The Bertz CT molecular complexity index is 1090. The van der Waals surface area contributed by atoms with Crippen molar-refractivity contribution in [2.24, 2.45) is 5.92 Å². The van der Waals surface area contributed by atoms with Crippen LogP contribution in [-0.2, 0) is 15.9 Å². The molecule has 3 rings (SSSR count). The van der Waals surface area contributed by atoms with Crippen LogP contribution in [0, 0.1) is 24.5 Å². The molecule has 2 aromatic rings. The van der Waals surface area contributed by atoms with E-state index in [1.165, 1.54) is 14.0 Å². The first-order valence-electron chi connectivity index (χ1n) is 10.2. The largest absolute Gasteiger partial charge is 0.493 e. The maximum Gasteiger partial charge on any atom is 0.417 e. The maximum absolute atomic E-state index is 14.5. The van der Waals surface area contributed by atoms with Crippen molar-refractivity contribution in [1.82, 2.24) is 9.97 Å². The van der Waals surface area contributed by atoms with Crippen LogP contribution in [0.1, 0.15) is 48.5 Å². The van der Waals surface area contributed by atoms with Crippen LogP contribution in [0.2, 0.25) is 0 Å². The minimum Gasteiger partial charge on any atom is -0.493 e. The number of methoxy groups -OCH3 is 2. The van der Waals surface area contributed by atoms with Crippen molar-refractivity contribution in [3.63, 3.8) is 0 Å². The Morgan fingerprint density at radius 1 is 1.24 bits per heavy atom. The number of nitrogens with zero attached hydrogens (tertiary/aromatic N) is 1. The summed E-state index contributed by atoms with van der Waals surface area (Å²) < 4.78 is 86.0. The molecule has 1 aliphatic rings. The second kappa shape index (κ2) is 9.02. The first-order chi connectivity index (χ1) is 15.4. The molecule has 0 bridgehead atoms. The Hall–Kier alpha value is -2.53. The van der Waals surface area contributed by atoms with E-state index in [-0.39, 0.29) is 24.4 Å². The van der Waals surface area contributed by atoms with E-state index in [0.29, 0.717) is 11.3 Å². The molecule has 1 fully saturated rings. The molecular weight excluding hydrogens is 451 g/mol. The number of H-pyrrole nitrogens is 1. The Balaban J connectivity index is 2.21. The van der Waals surface area contributed by atoms with Gasteiger partial charge in [-0.25, -0.2) is 9.37 Å². The fourth-order valence-corrected chi connectivity index (χ4v) is 4.31. The van der Waals surface area contributed by atoms with E-state index in [9.17, 15) is 26.7 Å². The molecule has 182 valence electrons. The number of hydrogen-bond donors (Lipinski definition) is 1. The summed E-state index contributed by atoms with van der Waals surface area (Å²) in [6, 6.07) is 1.98. The van der Waals surface area contributed by atoms with Gasteiger partial charge < -0.3 is 19.2 Å². The van der Waals surface area contributed by atoms with Gasteiger partial charge in [-0.1, -0.05) is 13.0 Å². The summed E-state index contributed by atoms with van der Waals surface area (Å²) in [6.07, 6.45) is -5.94. The summed E-state index contributed by atoms with van der Waals surface area (Å²) in [6.45, 7) is 3.99. The van der Waals surface area contributed by atoms with Gasteiger partial charge in [-0.15, -0.1) is 0 Å². The highest BCUT2D eigenvalue weighted by atomic mass is 19.4. The Labute approximate surface area is 187 Å². The summed E-state index contributed by atoms with van der Waals surface area (Å²) in [5.41, 5.74) is -2.58. The second-order valence-corrected chi connectivity index (χ2v) is 8.20. The molecule has 4 atom stereocenters. The zero-order chi connectivity index (χ0) is 24.7. The molecular formula is C22H25F5N2O4. The third-order valence-electron chi connectivity index (χ3n) is 6.38. The molecule has 1 N–H and O–H groups in total. The normalized spacial score (nSPS) is 25.5. The third kappa shape index (κ3) is 4.23. The van der Waals surface area contributed by atoms with Crippen molar-refractivity contribution in [2.75, 3.05) is 20.8 Å². The Kier molecular flexibility index (Phi) is 6.86. The van der Waals surface area contributed by atoms with Gasteiger partial charge >= 0.3 is 6.18 Å². The predicted octanol–water partition coefficient (Wildman–Crippen LogP) is 4.37. The van der Waals surface area contributed by atoms with E-state index in [1.54, 1.807) is 6.92 Å². The average molecular weight is 476 g/mol. The molecule has 1 aromatic carbocycles. The monoisotopic (exact) mass is 476 g/mol. The maximum atomic E-state index is 14.5. The summed E-state index contributed by atoms with van der Waals surface area (Å²) >= 11 is 0. The molecule has 33 heavy (non-hydrogen) atoms. The van der Waals surface area contributed by atoms with E-state index in [1.807, 2.05) is 0 Å². The first kappa shape index (κ1) is 25.1. The molecule has 6 nitrogen and oxygen atoms in total. The highest BCUT2D eigenvalue weighted by Crippen LogP contribution is 2.59. The molecule has 0 radical (unpaired) electrons. The molecule has 0 aliphatic carbocycles. The van der Waals surface area contributed by atoms with Gasteiger partial charge in [0.25, 0.3) is 5.56 Å². The van der Waals surface area contributed by atoms with Crippen molar-refractivity contribution in [1.29, 1.82) is 0 Å². The molecule has 0 saturated carbocycles. The second-order valence-electron chi connectivity index (χ2n) is 8.20. The molecule has 0 unspecified atom stereocenters. The van der Waals surface area contributed by atoms with Crippen LogP contribution >= 0.6 is 0 Å². The Morgan fingerprint density at radius 2 is 1.91 bits per heavy atom. The molecule has 1 aromatic heterocycles. The summed E-state index contributed by atoms with van der Waals surface area (Å²) in [5.74, 6) is -5.62. The lowest BCUT2D eigenvalue weighted by Gasteiger charge is -2.32. The molecule has 11 heteroatoms. The van der Waals surface area contributed by atoms with Crippen LogP contribution in [-0.4, -0.2) is 42.6 Å². The van der Waals surface area contributed by atoms with Crippen molar-refractivity contribution in [2.45, 2.75) is 51.0 Å². The molecule has 0 amide bonds. The van der Waals surface area contributed by atoms with Crippen LogP contribution in [0.15, 0.2) is 16.9 Å². The van der Waals surface area contributed by atoms with E-state index < -0.39 is 52.7 Å². The number of aromatic amines is 1. The van der Waals surface area contributed by atoms with Crippen molar-refractivity contribution in [3.8, 4) is 5.75 Å². The average Bonchev–Trinajstić information content (AvgIpc) is 3.01. The van der Waals surface area contributed by atoms with Crippen LogP contribution < -0.4 is 10.3 Å². The van der Waals surface area contributed by atoms with Crippen LogP contribution in [0.4, 0.5) is 22.0 Å². The zero-order valence-corrected chi connectivity index (χ0v) is 18.8. The minimum atomic E-state index is -4.79. The van der Waals surface area contributed by atoms with Gasteiger partial charge in [0.05, 0.1) is 13.7 Å². The lowest BCUT2D eigenvalue weighted by Crippen LogP contribution is -2.46. The summed E-state index contributed by atoms with van der Waals surface area (Å²) in [7, 11) is 2.56. The topological polar surface area (TPSA) is 73.4 Å². The fourth-order valence-electron chi connectivity index (χ4n) is 4.31. The van der Waals surface area contributed by atoms with Gasteiger partial charge in [0.15, 0.2) is 17.2 Å². The number of rotatable bonds is 6.